The summed E-state index contributed by atoms with van der Waals surface area (Å²) in [7, 11) is 0. The molecule has 6 heteroatoms. The fraction of sp³-hybridized carbons (Fsp3) is 0.0714. The number of phenolic OH excluding ortho intramolecular Hbond substituents is 4. The molecule has 0 radical (unpaired) electrons. The molecular weight excluding hydrogens is 428 g/mol. The second-order valence-electron chi connectivity index (χ2n) is 7.68. The lowest BCUT2D eigenvalue weighted by molar-refractivity contribution is 0.438. The second-order valence-corrected chi connectivity index (χ2v) is 7.68. The third-order valence-electron chi connectivity index (χ3n) is 5.43. The number of phenols is 4. The zero-order valence-electron chi connectivity index (χ0n) is 18.2. The van der Waals surface area contributed by atoms with Crippen molar-refractivity contribution >= 4 is 12.4 Å². The predicted molar refractivity (Wildman–Crippen MR) is 133 cm³/mol. The first-order valence-corrected chi connectivity index (χ1v) is 10.7. The quantitative estimate of drug-likeness (QED) is 0.277. The van der Waals surface area contributed by atoms with Gasteiger partial charge in [0.05, 0.1) is 0 Å². The molecule has 2 atom stereocenters. The first-order valence-electron chi connectivity index (χ1n) is 10.7. The topological polar surface area (TPSA) is 106 Å². The number of para-hydroxylation sites is 4. The SMILES string of the molecule is Oc1ccccc1C=N[C@H](c1ccccc1O)[C@@H](N=Cc1ccccc1O)c1ccccc1O. The molecule has 0 fully saturated rings. The minimum atomic E-state index is -0.754. The Kier molecular flexibility index (Phi) is 6.89. The average Bonchev–Trinajstić information content (AvgIpc) is 2.84. The normalized spacial score (nSPS) is 13.3. The molecule has 0 aromatic heterocycles. The van der Waals surface area contributed by atoms with Crippen LogP contribution >= 0.6 is 0 Å². The van der Waals surface area contributed by atoms with Gasteiger partial charge in [-0.3, -0.25) is 9.98 Å². The molecule has 0 saturated carbocycles. The Morgan fingerprint density at radius 3 is 1.12 bits per heavy atom. The Labute approximate surface area is 197 Å². The van der Waals surface area contributed by atoms with Crippen LogP contribution < -0.4 is 0 Å². The van der Waals surface area contributed by atoms with E-state index in [2.05, 4.69) is 0 Å². The van der Waals surface area contributed by atoms with Gasteiger partial charge in [0.2, 0.25) is 0 Å². The van der Waals surface area contributed by atoms with Gasteiger partial charge in [0.25, 0.3) is 0 Å². The van der Waals surface area contributed by atoms with Crippen LogP contribution in [0.2, 0.25) is 0 Å². The molecule has 6 nitrogen and oxygen atoms in total. The van der Waals surface area contributed by atoms with Gasteiger partial charge in [-0.1, -0.05) is 60.7 Å². The van der Waals surface area contributed by atoms with Gasteiger partial charge >= 0.3 is 0 Å². The van der Waals surface area contributed by atoms with Gasteiger partial charge in [-0.2, -0.15) is 0 Å². The predicted octanol–water partition coefficient (Wildman–Crippen LogP) is 5.53. The number of hydrogen-bond acceptors (Lipinski definition) is 6. The highest BCUT2D eigenvalue weighted by Gasteiger charge is 2.27. The number of hydrogen-bond donors (Lipinski definition) is 4. The van der Waals surface area contributed by atoms with Gasteiger partial charge in [-0.05, 0) is 36.4 Å². The van der Waals surface area contributed by atoms with Crippen molar-refractivity contribution in [1.29, 1.82) is 0 Å². The molecule has 0 bridgehead atoms. The molecule has 0 aliphatic rings. The lowest BCUT2D eigenvalue weighted by atomic mass is 9.92. The first kappa shape index (κ1) is 22.6. The fourth-order valence-electron chi connectivity index (χ4n) is 3.65. The Bertz CT molecular complexity index is 1230. The van der Waals surface area contributed by atoms with Crippen molar-refractivity contribution in [3.63, 3.8) is 0 Å². The molecule has 0 aliphatic heterocycles. The third kappa shape index (κ3) is 5.07. The Morgan fingerprint density at radius 1 is 0.441 bits per heavy atom. The van der Waals surface area contributed by atoms with E-state index >= 15 is 0 Å². The summed E-state index contributed by atoms with van der Waals surface area (Å²) in [5.41, 5.74) is 2.00. The summed E-state index contributed by atoms with van der Waals surface area (Å²) in [4.78, 5) is 9.41. The van der Waals surface area contributed by atoms with Crippen molar-refractivity contribution in [1.82, 2.24) is 0 Å². The van der Waals surface area contributed by atoms with Crippen LogP contribution in [0.15, 0.2) is 107 Å². The molecule has 4 rings (SSSR count). The van der Waals surface area contributed by atoms with Crippen molar-refractivity contribution in [2.24, 2.45) is 9.98 Å². The monoisotopic (exact) mass is 452 g/mol. The zero-order valence-corrected chi connectivity index (χ0v) is 18.2. The highest BCUT2D eigenvalue weighted by Crippen LogP contribution is 2.42. The van der Waals surface area contributed by atoms with E-state index in [1.807, 2.05) is 0 Å². The molecular formula is C28H24N2O4. The van der Waals surface area contributed by atoms with E-state index in [9.17, 15) is 20.4 Å². The van der Waals surface area contributed by atoms with E-state index < -0.39 is 12.1 Å². The van der Waals surface area contributed by atoms with Gasteiger partial charge in [-0.15, -0.1) is 0 Å². The third-order valence-corrected chi connectivity index (χ3v) is 5.43. The summed E-state index contributed by atoms with van der Waals surface area (Å²) < 4.78 is 0. The molecule has 34 heavy (non-hydrogen) atoms. The van der Waals surface area contributed by atoms with Crippen LogP contribution in [0.25, 0.3) is 0 Å². The van der Waals surface area contributed by atoms with Crippen LogP contribution in [-0.4, -0.2) is 32.9 Å². The molecule has 0 aliphatic carbocycles. The summed E-state index contributed by atoms with van der Waals surface area (Å²) in [5, 5.41) is 41.7. The molecule has 0 spiro atoms. The molecule has 170 valence electrons. The van der Waals surface area contributed by atoms with Crippen molar-refractivity contribution in [3.05, 3.63) is 119 Å². The maximum absolute atomic E-state index is 10.6. The highest BCUT2D eigenvalue weighted by atomic mass is 16.3. The fourth-order valence-corrected chi connectivity index (χ4v) is 3.65. The lowest BCUT2D eigenvalue weighted by Crippen LogP contribution is -2.10. The largest absolute Gasteiger partial charge is 0.508 e. The summed E-state index contributed by atoms with van der Waals surface area (Å²) >= 11 is 0. The van der Waals surface area contributed by atoms with Crippen LogP contribution in [0.4, 0.5) is 0 Å². The highest BCUT2D eigenvalue weighted by molar-refractivity contribution is 5.84. The van der Waals surface area contributed by atoms with Gasteiger partial charge in [0.1, 0.15) is 35.1 Å². The summed E-state index contributed by atoms with van der Waals surface area (Å²) in [5.74, 6) is 0.193. The van der Waals surface area contributed by atoms with E-state index in [1.54, 1.807) is 97.1 Å². The van der Waals surface area contributed by atoms with Gasteiger partial charge in [-0.25, -0.2) is 0 Å². The van der Waals surface area contributed by atoms with Gasteiger partial charge in [0, 0.05) is 34.7 Å². The minimum Gasteiger partial charge on any atom is -0.508 e. The van der Waals surface area contributed by atoms with E-state index in [0.29, 0.717) is 22.3 Å². The minimum absolute atomic E-state index is 0.0279. The maximum atomic E-state index is 10.6. The molecule has 4 aromatic carbocycles. The molecule has 0 saturated heterocycles. The number of benzene rings is 4. The van der Waals surface area contributed by atoms with Crippen LogP contribution in [0.1, 0.15) is 34.3 Å². The molecule has 0 heterocycles. The second kappa shape index (κ2) is 10.4. The number of aromatic hydroxyl groups is 4. The van der Waals surface area contributed by atoms with Crippen LogP contribution in [0.3, 0.4) is 0 Å². The number of rotatable bonds is 7. The van der Waals surface area contributed by atoms with Gasteiger partial charge < -0.3 is 20.4 Å². The maximum Gasteiger partial charge on any atom is 0.124 e. The van der Waals surface area contributed by atoms with Crippen LogP contribution in [0.5, 0.6) is 23.0 Å². The van der Waals surface area contributed by atoms with E-state index in [-0.39, 0.29) is 23.0 Å². The zero-order chi connectivity index (χ0) is 23.9. The molecule has 4 aromatic rings. The first-order chi connectivity index (χ1) is 16.5. The smallest absolute Gasteiger partial charge is 0.124 e. The Morgan fingerprint density at radius 2 is 0.765 bits per heavy atom. The lowest BCUT2D eigenvalue weighted by Gasteiger charge is -2.23. The van der Waals surface area contributed by atoms with Crippen LogP contribution in [0, 0.1) is 0 Å². The summed E-state index contributed by atoms with van der Waals surface area (Å²) in [6, 6.07) is 25.7. The summed E-state index contributed by atoms with van der Waals surface area (Å²) in [6.45, 7) is 0. The van der Waals surface area contributed by atoms with Gasteiger partial charge in [0.15, 0.2) is 0 Å². The molecule has 0 unspecified atom stereocenters. The number of aliphatic imine (C=N–C) groups is 2. The molecule has 4 N–H and O–H groups in total. The van der Waals surface area contributed by atoms with Crippen molar-refractivity contribution < 1.29 is 20.4 Å². The van der Waals surface area contributed by atoms with E-state index in [0.717, 1.165) is 0 Å². The van der Waals surface area contributed by atoms with Crippen molar-refractivity contribution in [3.8, 4) is 23.0 Å². The molecule has 0 amide bonds. The Hall–Kier alpha value is -4.58. The van der Waals surface area contributed by atoms with E-state index in [4.69, 9.17) is 9.98 Å². The number of nitrogens with zero attached hydrogens (tertiary/aromatic N) is 2. The van der Waals surface area contributed by atoms with E-state index in [1.165, 1.54) is 12.4 Å². The average molecular weight is 453 g/mol. The van der Waals surface area contributed by atoms with Crippen molar-refractivity contribution in [2.75, 3.05) is 0 Å². The van der Waals surface area contributed by atoms with Crippen molar-refractivity contribution in [2.45, 2.75) is 12.1 Å². The Balaban J connectivity index is 1.87. The summed E-state index contributed by atoms with van der Waals surface area (Å²) in [6.07, 6.45) is 3.05. The standard InChI is InChI=1S/C28H24N2O4/c31-23-13-5-1-9-19(23)17-29-27(21-11-3-7-15-25(21)33)28(22-12-4-8-16-26(22)34)30-18-20-10-2-6-14-24(20)32/h1-18,27-28,31-34H/t27-,28+. The van der Waals surface area contributed by atoms with Crippen LogP contribution in [-0.2, 0) is 0 Å².